The fourth-order valence-electron chi connectivity index (χ4n) is 0.736. The Morgan fingerprint density at radius 1 is 1.33 bits per heavy atom. The smallest absolute Gasteiger partial charge is 0 e. The third-order valence-corrected chi connectivity index (χ3v) is 1.10. The zero-order valence-electron chi connectivity index (χ0n) is 5.81. The molecule has 0 bridgehead atoms. The molecule has 45 valence electrons. The topological polar surface area (TPSA) is 0 Å². The van der Waals surface area contributed by atoms with Crippen molar-refractivity contribution < 1.29 is 32.7 Å². The van der Waals surface area contributed by atoms with Crippen molar-refractivity contribution >= 4 is 0 Å². The molecular formula is C8H9Y-. The van der Waals surface area contributed by atoms with Gasteiger partial charge in [0.1, 0.15) is 0 Å². The fourth-order valence-corrected chi connectivity index (χ4v) is 0.736. The molecule has 0 heterocycles. The first-order valence-corrected chi connectivity index (χ1v) is 2.74. The molecule has 0 saturated heterocycles. The second-order valence-electron chi connectivity index (χ2n) is 2.05. The summed E-state index contributed by atoms with van der Waals surface area (Å²) in [6.07, 6.45) is 0. The summed E-state index contributed by atoms with van der Waals surface area (Å²) in [5.74, 6) is 0. The Hall–Kier alpha value is 0.324. The summed E-state index contributed by atoms with van der Waals surface area (Å²) in [6.45, 7) is 4.13. The van der Waals surface area contributed by atoms with Gasteiger partial charge in [0.15, 0.2) is 0 Å². The quantitative estimate of drug-likeness (QED) is 0.555. The van der Waals surface area contributed by atoms with Crippen LogP contribution in [0, 0.1) is 19.9 Å². The van der Waals surface area contributed by atoms with Crippen LogP contribution in [0.25, 0.3) is 0 Å². The van der Waals surface area contributed by atoms with Crippen LogP contribution in [0.2, 0.25) is 0 Å². The summed E-state index contributed by atoms with van der Waals surface area (Å²) < 4.78 is 0. The predicted octanol–water partition coefficient (Wildman–Crippen LogP) is 2.10. The van der Waals surface area contributed by atoms with Gasteiger partial charge in [0.2, 0.25) is 0 Å². The van der Waals surface area contributed by atoms with Gasteiger partial charge in [-0.2, -0.15) is 35.4 Å². The van der Waals surface area contributed by atoms with Gasteiger partial charge in [-0.15, -0.1) is 0 Å². The summed E-state index contributed by atoms with van der Waals surface area (Å²) in [4.78, 5) is 0. The molecule has 0 spiro atoms. The van der Waals surface area contributed by atoms with Crippen LogP contribution in [-0.4, -0.2) is 0 Å². The maximum Gasteiger partial charge on any atom is 0 e. The van der Waals surface area contributed by atoms with Crippen molar-refractivity contribution in [2.24, 2.45) is 0 Å². The van der Waals surface area contributed by atoms with Crippen LogP contribution in [0.1, 0.15) is 11.1 Å². The van der Waals surface area contributed by atoms with Crippen molar-refractivity contribution in [3.63, 3.8) is 0 Å². The summed E-state index contributed by atoms with van der Waals surface area (Å²) in [5, 5.41) is 0. The Morgan fingerprint density at radius 2 is 2.00 bits per heavy atom. The summed E-state index contributed by atoms with van der Waals surface area (Å²) in [7, 11) is 0. The van der Waals surface area contributed by atoms with E-state index in [0.29, 0.717) is 0 Å². The van der Waals surface area contributed by atoms with Gasteiger partial charge in [0, 0.05) is 32.7 Å². The third kappa shape index (κ3) is 3.12. The number of hydrogen-bond acceptors (Lipinski definition) is 0. The van der Waals surface area contributed by atoms with Gasteiger partial charge in [-0.25, -0.2) is 0 Å². The average Bonchev–Trinajstić information content (AvgIpc) is 1.64. The van der Waals surface area contributed by atoms with Crippen molar-refractivity contribution in [3.05, 3.63) is 35.4 Å². The molecule has 0 nitrogen and oxygen atoms in total. The van der Waals surface area contributed by atoms with Crippen LogP contribution < -0.4 is 0 Å². The SMILES string of the molecule is Cc1[c-]ccc(C)c1.[Y]. The largest absolute Gasteiger partial charge is 0.181 e. The van der Waals surface area contributed by atoms with Gasteiger partial charge >= 0.3 is 0 Å². The zero-order valence-corrected chi connectivity index (χ0v) is 8.65. The number of benzene rings is 1. The van der Waals surface area contributed by atoms with E-state index in [4.69, 9.17) is 0 Å². The molecule has 0 saturated carbocycles. The number of hydrogen-bond donors (Lipinski definition) is 0. The van der Waals surface area contributed by atoms with E-state index in [-0.39, 0.29) is 32.7 Å². The van der Waals surface area contributed by atoms with Gasteiger partial charge in [-0.05, 0) is 0 Å². The van der Waals surface area contributed by atoms with E-state index in [9.17, 15) is 0 Å². The summed E-state index contributed by atoms with van der Waals surface area (Å²) in [6, 6.07) is 9.18. The van der Waals surface area contributed by atoms with Crippen LogP contribution in [0.3, 0.4) is 0 Å². The first-order valence-electron chi connectivity index (χ1n) is 2.74. The number of aryl methyl sites for hydroxylation is 2. The summed E-state index contributed by atoms with van der Waals surface area (Å²) >= 11 is 0. The molecule has 0 aliphatic heterocycles. The first kappa shape index (κ1) is 9.32. The molecule has 0 amide bonds. The van der Waals surface area contributed by atoms with Crippen molar-refractivity contribution in [1.82, 2.24) is 0 Å². The van der Waals surface area contributed by atoms with E-state index in [0.717, 1.165) is 0 Å². The molecule has 1 radical (unpaired) electrons. The molecular weight excluding hydrogens is 185 g/mol. The van der Waals surface area contributed by atoms with Gasteiger partial charge in [-0.1, -0.05) is 13.8 Å². The maximum absolute atomic E-state index is 3.07. The Bertz CT molecular complexity index is 164. The normalized spacial score (nSPS) is 8.22. The van der Waals surface area contributed by atoms with Gasteiger partial charge in [-0.3, -0.25) is 0 Å². The van der Waals surface area contributed by atoms with E-state index in [1.807, 2.05) is 19.1 Å². The van der Waals surface area contributed by atoms with E-state index in [1.165, 1.54) is 11.1 Å². The molecule has 0 aliphatic rings. The minimum Gasteiger partial charge on any atom is -0.181 e. The standard InChI is InChI=1S/C8H9.Y/c1-7-4-3-5-8(2)6-7;/h3-4,6H,1-2H3;/q-1;. The monoisotopic (exact) mass is 194 g/mol. The predicted molar refractivity (Wildman–Crippen MR) is 34.8 cm³/mol. The first-order chi connectivity index (χ1) is 3.79. The molecule has 1 rings (SSSR count). The Labute approximate surface area is 81.5 Å². The van der Waals surface area contributed by atoms with Gasteiger partial charge in [0.05, 0.1) is 0 Å². The van der Waals surface area contributed by atoms with Crippen LogP contribution in [0.4, 0.5) is 0 Å². The molecule has 0 N–H and O–H groups in total. The van der Waals surface area contributed by atoms with E-state index in [2.05, 4.69) is 19.1 Å². The van der Waals surface area contributed by atoms with Crippen LogP contribution in [-0.2, 0) is 32.7 Å². The van der Waals surface area contributed by atoms with Crippen molar-refractivity contribution in [1.29, 1.82) is 0 Å². The molecule has 0 atom stereocenters. The van der Waals surface area contributed by atoms with Crippen LogP contribution in [0.15, 0.2) is 18.2 Å². The van der Waals surface area contributed by atoms with Crippen molar-refractivity contribution in [3.8, 4) is 0 Å². The average molecular weight is 194 g/mol. The maximum atomic E-state index is 3.07. The molecule has 9 heavy (non-hydrogen) atoms. The van der Waals surface area contributed by atoms with Gasteiger partial charge in [0.25, 0.3) is 0 Å². The van der Waals surface area contributed by atoms with Crippen LogP contribution >= 0.6 is 0 Å². The zero-order chi connectivity index (χ0) is 5.98. The fraction of sp³-hybridized carbons (Fsp3) is 0.250. The van der Waals surface area contributed by atoms with E-state index >= 15 is 0 Å². The summed E-state index contributed by atoms with van der Waals surface area (Å²) in [5.41, 5.74) is 2.52. The third-order valence-electron chi connectivity index (χ3n) is 1.10. The molecule has 1 heteroatoms. The molecule has 0 unspecified atom stereocenters. The Balaban J connectivity index is 0.000000640. The molecule has 0 aromatic heterocycles. The number of rotatable bonds is 0. The van der Waals surface area contributed by atoms with Gasteiger partial charge < -0.3 is 0 Å². The van der Waals surface area contributed by atoms with E-state index in [1.54, 1.807) is 0 Å². The second-order valence-corrected chi connectivity index (χ2v) is 2.05. The molecule has 0 fully saturated rings. The minimum absolute atomic E-state index is 0. The Kier molecular flexibility index (Phi) is 4.34. The Morgan fingerprint density at radius 3 is 2.33 bits per heavy atom. The minimum atomic E-state index is 0. The molecule has 0 aliphatic carbocycles. The molecule has 1 aromatic rings. The van der Waals surface area contributed by atoms with E-state index < -0.39 is 0 Å². The van der Waals surface area contributed by atoms with Crippen LogP contribution in [0.5, 0.6) is 0 Å². The van der Waals surface area contributed by atoms with Crippen molar-refractivity contribution in [2.45, 2.75) is 13.8 Å². The van der Waals surface area contributed by atoms with Crippen molar-refractivity contribution in [2.75, 3.05) is 0 Å². The second kappa shape index (κ2) is 4.19. The molecule has 1 aromatic carbocycles.